The Morgan fingerprint density at radius 3 is 2.52 bits per heavy atom. The molecular formula is C25H35FO5. The number of hydrogen-bond acceptors (Lipinski definition) is 4. The first kappa shape index (κ1) is 25.2. The fourth-order valence-electron chi connectivity index (χ4n) is 3.83. The quantitative estimate of drug-likeness (QED) is 0.548. The minimum atomic E-state index is -1.82. The van der Waals surface area contributed by atoms with Crippen molar-refractivity contribution in [3.63, 3.8) is 0 Å². The topological polar surface area (TPSA) is 76.0 Å². The third kappa shape index (κ3) is 6.48. The van der Waals surface area contributed by atoms with Crippen LogP contribution in [0.4, 0.5) is 4.39 Å². The van der Waals surface area contributed by atoms with Gasteiger partial charge in [-0.25, -0.2) is 9.18 Å². The molecule has 1 aliphatic heterocycles. The molecule has 31 heavy (non-hydrogen) atoms. The lowest BCUT2D eigenvalue weighted by Crippen LogP contribution is -2.32. The number of aliphatic hydroxyl groups excluding tert-OH is 1. The van der Waals surface area contributed by atoms with E-state index in [-0.39, 0.29) is 18.1 Å². The average molecular weight is 435 g/mol. The maximum absolute atomic E-state index is 14.4. The monoisotopic (exact) mass is 434 g/mol. The smallest absolute Gasteiger partial charge is 0.336 e. The van der Waals surface area contributed by atoms with Crippen molar-refractivity contribution in [3.05, 3.63) is 52.6 Å². The Hall–Kier alpha value is -2.02. The third-order valence-corrected chi connectivity index (χ3v) is 5.67. The summed E-state index contributed by atoms with van der Waals surface area (Å²) in [5.41, 5.74) is 0.830. The standard InChI is InChI=1S/C25H35FO5/c1-15-13-17(3)21(23(28)29)19(14-15)9-8-10-20-22(31-24(5,6)30-20)16(2)11-12-25(7,26)18(4)27/h8-9,11-14,16,18,20,22,27H,10H2,1-7H3,(H,28,29)/b9-8+,12-11-/t16?,18?,20-,22?,25?/m0/s1. The van der Waals surface area contributed by atoms with Crippen molar-refractivity contribution in [2.24, 2.45) is 5.92 Å². The van der Waals surface area contributed by atoms with Crippen LogP contribution in [-0.2, 0) is 9.47 Å². The largest absolute Gasteiger partial charge is 0.478 e. The van der Waals surface area contributed by atoms with Crippen molar-refractivity contribution < 1.29 is 28.9 Å². The molecule has 4 unspecified atom stereocenters. The Bertz CT molecular complexity index is 854. The lowest BCUT2D eigenvalue weighted by Gasteiger charge is -2.23. The van der Waals surface area contributed by atoms with Crippen LogP contribution in [-0.4, -0.2) is 46.0 Å². The highest BCUT2D eigenvalue weighted by atomic mass is 19.1. The summed E-state index contributed by atoms with van der Waals surface area (Å²) in [6.07, 6.45) is 5.61. The highest BCUT2D eigenvalue weighted by Gasteiger charge is 2.42. The van der Waals surface area contributed by atoms with Crippen LogP contribution in [0.5, 0.6) is 0 Å². The molecule has 5 atom stereocenters. The number of carboxylic acids is 1. The number of carbonyl (C=O) groups is 1. The van der Waals surface area contributed by atoms with Gasteiger partial charge in [0.15, 0.2) is 11.5 Å². The zero-order valence-corrected chi connectivity index (χ0v) is 19.5. The second-order valence-electron chi connectivity index (χ2n) is 9.17. The van der Waals surface area contributed by atoms with E-state index < -0.39 is 23.5 Å². The summed E-state index contributed by atoms with van der Waals surface area (Å²) < 4.78 is 26.5. The second kappa shape index (κ2) is 9.63. The van der Waals surface area contributed by atoms with Crippen LogP contribution in [0.25, 0.3) is 6.08 Å². The molecule has 6 heteroatoms. The van der Waals surface area contributed by atoms with Crippen LogP contribution in [0.2, 0.25) is 0 Å². The molecule has 1 heterocycles. The molecule has 1 saturated heterocycles. The molecule has 0 amide bonds. The van der Waals surface area contributed by atoms with Crippen molar-refractivity contribution in [1.29, 1.82) is 0 Å². The van der Waals surface area contributed by atoms with Gasteiger partial charge in [-0.1, -0.05) is 42.8 Å². The Morgan fingerprint density at radius 1 is 1.29 bits per heavy atom. The van der Waals surface area contributed by atoms with Gasteiger partial charge in [0.05, 0.1) is 23.9 Å². The molecule has 0 saturated carbocycles. The molecule has 0 spiro atoms. The minimum absolute atomic E-state index is 0.148. The van der Waals surface area contributed by atoms with Crippen LogP contribution in [0, 0.1) is 19.8 Å². The molecule has 2 N–H and O–H groups in total. The van der Waals surface area contributed by atoms with Gasteiger partial charge in [0, 0.05) is 5.92 Å². The van der Waals surface area contributed by atoms with Crippen molar-refractivity contribution in [2.45, 2.75) is 84.7 Å². The van der Waals surface area contributed by atoms with E-state index in [4.69, 9.17) is 9.47 Å². The van der Waals surface area contributed by atoms with Gasteiger partial charge in [-0.2, -0.15) is 0 Å². The summed E-state index contributed by atoms with van der Waals surface area (Å²) in [4.78, 5) is 11.7. The maximum Gasteiger partial charge on any atom is 0.336 e. The van der Waals surface area contributed by atoms with Crippen molar-refractivity contribution >= 4 is 12.0 Å². The molecule has 172 valence electrons. The predicted molar refractivity (Wildman–Crippen MR) is 120 cm³/mol. The summed E-state index contributed by atoms with van der Waals surface area (Å²) in [5.74, 6) is -1.88. The number of halogens is 1. The molecule has 5 nitrogen and oxygen atoms in total. The van der Waals surface area contributed by atoms with E-state index in [2.05, 4.69) is 0 Å². The summed E-state index contributed by atoms with van der Waals surface area (Å²) in [7, 11) is 0. The van der Waals surface area contributed by atoms with E-state index in [0.29, 0.717) is 17.5 Å². The van der Waals surface area contributed by atoms with Crippen molar-refractivity contribution in [1.82, 2.24) is 0 Å². The van der Waals surface area contributed by atoms with E-state index in [1.54, 1.807) is 13.0 Å². The number of alkyl halides is 1. The van der Waals surface area contributed by atoms with Gasteiger partial charge >= 0.3 is 5.97 Å². The summed E-state index contributed by atoms with van der Waals surface area (Å²) in [5, 5.41) is 19.1. The summed E-state index contributed by atoms with van der Waals surface area (Å²) in [6, 6.07) is 3.71. The number of ether oxygens (including phenoxy) is 2. The zero-order valence-electron chi connectivity index (χ0n) is 19.5. The average Bonchev–Trinajstić information content (AvgIpc) is 2.93. The highest BCUT2D eigenvalue weighted by Crippen LogP contribution is 2.35. The third-order valence-electron chi connectivity index (χ3n) is 5.67. The fourth-order valence-corrected chi connectivity index (χ4v) is 3.83. The van der Waals surface area contributed by atoms with Crippen molar-refractivity contribution in [3.8, 4) is 0 Å². The molecule has 1 fully saturated rings. The SMILES string of the molecule is Cc1cc(C)c(C(=O)O)c(/C=C/C[C@@H]2OC(C)(C)OC2C(C)/C=C\C(C)(F)C(C)O)c1. The number of hydrogen-bond donors (Lipinski definition) is 2. The van der Waals surface area contributed by atoms with Gasteiger partial charge in [-0.15, -0.1) is 0 Å². The van der Waals surface area contributed by atoms with Crippen LogP contribution >= 0.6 is 0 Å². The second-order valence-corrected chi connectivity index (χ2v) is 9.17. The van der Waals surface area contributed by atoms with Gasteiger partial charge in [0.2, 0.25) is 0 Å². The van der Waals surface area contributed by atoms with E-state index in [1.165, 1.54) is 19.9 Å². The van der Waals surface area contributed by atoms with Gasteiger partial charge in [0.1, 0.15) is 0 Å². The molecule has 0 aliphatic carbocycles. The minimum Gasteiger partial charge on any atom is -0.478 e. The van der Waals surface area contributed by atoms with E-state index in [0.717, 1.165) is 11.1 Å². The lowest BCUT2D eigenvalue weighted by atomic mass is 9.93. The molecule has 1 aromatic carbocycles. The first-order chi connectivity index (χ1) is 14.2. The predicted octanol–water partition coefficient (Wildman–Crippen LogP) is 5.23. The highest BCUT2D eigenvalue weighted by molar-refractivity contribution is 5.94. The fraction of sp³-hybridized carbons (Fsp3) is 0.560. The Morgan fingerprint density at radius 2 is 1.94 bits per heavy atom. The normalized spacial score (nSPS) is 25.1. The number of aryl methyl sites for hydroxylation is 2. The Labute approximate surface area is 184 Å². The number of aromatic carboxylic acids is 1. The van der Waals surface area contributed by atoms with Gasteiger partial charge < -0.3 is 19.7 Å². The maximum atomic E-state index is 14.4. The Kier molecular flexibility index (Phi) is 7.84. The first-order valence-electron chi connectivity index (χ1n) is 10.7. The van der Waals surface area contributed by atoms with E-state index in [1.807, 2.05) is 52.0 Å². The first-order valence-corrected chi connectivity index (χ1v) is 10.7. The van der Waals surface area contributed by atoms with Crippen LogP contribution in [0.1, 0.15) is 68.1 Å². The summed E-state index contributed by atoms with van der Waals surface area (Å²) in [6.45, 7) is 12.1. The van der Waals surface area contributed by atoms with Gasteiger partial charge in [-0.3, -0.25) is 0 Å². The molecular weight excluding hydrogens is 399 g/mol. The molecule has 1 aliphatic rings. The molecule has 0 bridgehead atoms. The molecule has 0 radical (unpaired) electrons. The summed E-state index contributed by atoms with van der Waals surface area (Å²) >= 11 is 0. The zero-order chi connectivity index (χ0) is 23.6. The molecule has 2 rings (SSSR count). The van der Waals surface area contributed by atoms with E-state index >= 15 is 0 Å². The Balaban J connectivity index is 2.20. The van der Waals surface area contributed by atoms with Gasteiger partial charge in [-0.05, 0) is 65.2 Å². The number of benzene rings is 1. The van der Waals surface area contributed by atoms with Gasteiger partial charge in [0.25, 0.3) is 0 Å². The number of aliphatic hydroxyl groups is 1. The van der Waals surface area contributed by atoms with Crippen LogP contribution in [0.3, 0.4) is 0 Å². The van der Waals surface area contributed by atoms with E-state index in [9.17, 15) is 19.4 Å². The number of carboxylic acid groups (broad SMARTS) is 1. The molecule has 1 aromatic rings. The van der Waals surface area contributed by atoms with Crippen molar-refractivity contribution in [2.75, 3.05) is 0 Å². The van der Waals surface area contributed by atoms with Crippen LogP contribution < -0.4 is 0 Å². The number of rotatable bonds is 8. The molecule has 0 aromatic heterocycles. The lowest BCUT2D eigenvalue weighted by molar-refractivity contribution is -0.148. The van der Waals surface area contributed by atoms with Crippen LogP contribution in [0.15, 0.2) is 30.4 Å².